The summed E-state index contributed by atoms with van der Waals surface area (Å²) in [6, 6.07) is 9.61. The van der Waals surface area contributed by atoms with E-state index in [0.29, 0.717) is 13.0 Å². The van der Waals surface area contributed by atoms with Crippen molar-refractivity contribution >= 4 is 6.09 Å². The minimum absolute atomic E-state index is 0.0493. The number of β-amino-alcohol motifs (C(OH)–C–C–N with tert-alkyl or cyclic N) is 1. The van der Waals surface area contributed by atoms with Gasteiger partial charge in [0.2, 0.25) is 0 Å². The zero-order chi connectivity index (χ0) is 12.3. The van der Waals surface area contributed by atoms with Gasteiger partial charge in [-0.05, 0) is 18.9 Å². The predicted molar refractivity (Wildman–Crippen MR) is 63.4 cm³/mol. The van der Waals surface area contributed by atoms with Gasteiger partial charge in [-0.25, -0.2) is 4.79 Å². The highest BCUT2D eigenvalue weighted by Gasteiger charge is 2.32. The molecule has 1 aliphatic heterocycles. The fourth-order valence-corrected chi connectivity index (χ4v) is 2.06. The van der Waals surface area contributed by atoms with Gasteiger partial charge in [0, 0.05) is 6.04 Å². The number of aliphatic hydroxyl groups is 1. The SMILES string of the molecule is C[C@@H]1C[C@H](O)CN1C(=O)OCc1ccccc1. The average molecular weight is 235 g/mol. The number of likely N-dealkylation sites (tertiary alicyclic amines) is 1. The summed E-state index contributed by atoms with van der Waals surface area (Å²) in [5.41, 5.74) is 0.966. The number of amides is 1. The lowest BCUT2D eigenvalue weighted by atomic mass is 10.2. The Balaban J connectivity index is 1.86. The number of nitrogens with zero attached hydrogens (tertiary/aromatic N) is 1. The van der Waals surface area contributed by atoms with Crippen LogP contribution in [0, 0.1) is 0 Å². The smallest absolute Gasteiger partial charge is 0.410 e. The maximum atomic E-state index is 11.8. The minimum Gasteiger partial charge on any atom is -0.445 e. The van der Waals surface area contributed by atoms with Gasteiger partial charge in [-0.1, -0.05) is 30.3 Å². The van der Waals surface area contributed by atoms with Gasteiger partial charge in [0.25, 0.3) is 0 Å². The molecule has 1 heterocycles. The molecule has 4 nitrogen and oxygen atoms in total. The van der Waals surface area contributed by atoms with Gasteiger partial charge in [-0.2, -0.15) is 0 Å². The number of hydrogen-bond acceptors (Lipinski definition) is 3. The monoisotopic (exact) mass is 235 g/mol. The molecule has 1 aromatic rings. The van der Waals surface area contributed by atoms with Gasteiger partial charge in [-0.15, -0.1) is 0 Å². The highest BCUT2D eigenvalue weighted by molar-refractivity contribution is 5.68. The first-order valence-corrected chi connectivity index (χ1v) is 5.82. The van der Waals surface area contributed by atoms with Crippen LogP contribution in [0.2, 0.25) is 0 Å². The Morgan fingerprint density at radius 3 is 2.76 bits per heavy atom. The summed E-state index contributed by atoms with van der Waals surface area (Å²) in [4.78, 5) is 13.3. The Hall–Kier alpha value is -1.55. The lowest BCUT2D eigenvalue weighted by Crippen LogP contribution is -2.34. The standard InChI is InChI=1S/C13H17NO3/c1-10-7-12(15)8-14(10)13(16)17-9-11-5-3-2-4-6-11/h2-6,10,12,15H,7-9H2,1H3/t10-,12+/m1/s1. The van der Waals surface area contributed by atoms with Crippen molar-refractivity contribution in [2.24, 2.45) is 0 Å². The van der Waals surface area contributed by atoms with Gasteiger partial charge in [0.15, 0.2) is 0 Å². The van der Waals surface area contributed by atoms with Crippen LogP contribution in [0.3, 0.4) is 0 Å². The average Bonchev–Trinajstić information content (AvgIpc) is 2.67. The first kappa shape index (κ1) is 11.9. The third-order valence-electron chi connectivity index (χ3n) is 2.99. The number of aliphatic hydroxyl groups excluding tert-OH is 1. The molecule has 4 heteroatoms. The second-order valence-electron chi connectivity index (χ2n) is 4.43. The summed E-state index contributed by atoms with van der Waals surface area (Å²) in [5, 5.41) is 9.45. The van der Waals surface area contributed by atoms with Crippen LogP contribution in [0.1, 0.15) is 18.9 Å². The summed E-state index contributed by atoms with van der Waals surface area (Å²) >= 11 is 0. The summed E-state index contributed by atoms with van der Waals surface area (Å²) in [6.07, 6.45) is -0.146. The van der Waals surface area contributed by atoms with Crippen molar-refractivity contribution in [3.63, 3.8) is 0 Å². The molecule has 2 rings (SSSR count). The molecule has 1 fully saturated rings. The molecule has 0 bridgehead atoms. The number of carbonyl (C=O) groups is 1. The maximum Gasteiger partial charge on any atom is 0.410 e. The van der Waals surface area contributed by atoms with Crippen LogP contribution in [-0.4, -0.2) is 34.8 Å². The molecule has 0 aliphatic carbocycles. The van der Waals surface area contributed by atoms with Crippen molar-refractivity contribution in [2.45, 2.75) is 32.1 Å². The van der Waals surface area contributed by atoms with E-state index in [1.165, 1.54) is 0 Å². The topological polar surface area (TPSA) is 49.8 Å². The normalized spacial score (nSPS) is 23.8. The fraction of sp³-hybridized carbons (Fsp3) is 0.462. The molecule has 1 saturated heterocycles. The fourth-order valence-electron chi connectivity index (χ4n) is 2.06. The molecule has 0 spiro atoms. The lowest BCUT2D eigenvalue weighted by Gasteiger charge is -2.20. The number of benzene rings is 1. The molecule has 0 aromatic heterocycles. The van der Waals surface area contributed by atoms with E-state index >= 15 is 0 Å². The van der Waals surface area contributed by atoms with Crippen LogP contribution < -0.4 is 0 Å². The van der Waals surface area contributed by atoms with Crippen molar-refractivity contribution in [1.82, 2.24) is 4.90 Å². The first-order chi connectivity index (χ1) is 8.16. The maximum absolute atomic E-state index is 11.8. The molecule has 0 saturated carbocycles. The van der Waals surface area contributed by atoms with Crippen molar-refractivity contribution < 1.29 is 14.6 Å². The van der Waals surface area contributed by atoms with E-state index in [1.807, 2.05) is 37.3 Å². The van der Waals surface area contributed by atoms with E-state index in [2.05, 4.69) is 0 Å². The molecule has 1 aliphatic rings. The van der Waals surface area contributed by atoms with E-state index in [0.717, 1.165) is 5.56 Å². The summed E-state index contributed by atoms with van der Waals surface area (Å²) < 4.78 is 5.21. The Morgan fingerprint density at radius 2 is 2.18 bits per heavy atom. The third-order valence-corrected chi connectivity index (χ3v) is 2.99. The van der Waals surface area contributed by atoms with Crippen LogP contribution in [0.4, 0.5) is 4.79 Å². The summed E-state index contributed by atoms with van der Waals surface area (Å²) in [6.45, 7) is 2.56. The molecule has 17 heavy (non-hydrogen) atoms. The van der Waals surface area contributed by atoms with Gasteiger partial charge in [-0.3, -0.25) is 0 Å². The largest absolute Gasteiger partial charge is 0.445 e. The van der Waals surface area contributed by atoms with E-state index in [4.69, 9.17) is 4.74 Å². The number of hydrogen-bond donors (Lipinski definition) is 1. The first-order valence-electron chi connectivity index (χ1n) is 5.82. The van der Waals surface area contributed by atoms with Crippen LogP contribution >= 0.6 is 0 Å². The highest BCUT2D eigenvalue weighted by atomic mass is 16.6. The molecule has 1 amide bonds. The van der Waals surface area contributed by atoms with Gasteiger partial charge in [0.05, 0.1) is 12.6 Å². The Morgan fingerprint density at radius 1 is 1.47 bits per heavy atom. The number of carbonyl (C=O) groups excluding carboxylic acids is 1. The molecule has 1 N–H and O–H groups in total. The molecule has 2 atom stereocenters. The number of ether oxygens (including phenoxy) is 1. The predicted octanol–water partition coefficient (Wildman–Crippen LogP) is 1.78. The van der Waals surface area contributed by atoms with E-state index in [9.17, 15) is 9.90 Å². The van der Waals surface area contributed by atoms with Crippen LogP contribution in [0.15, 0.2) is 30.3 Å². The quantitative estimate of drug-likeness (QED) is 0.850. The van der Waals surface area contributed by atoms with E-state index < -0.39 is 6.10 Å². The molecule has 0 unspecified atom stereocenters. The van der Waals surface area contributed by atoms with Crippen molar-refractivity contribution in [3.8, 4) is 0 Å². The van der Waals surface area contributed by atoms with Crippen LogP contribution in [0.5, 0.6) is 0 Å². The van der Waals surface area contributed by atoms with E-state index in [-0.39, 0.29) is 18.7 Å². The molecule has 0 radical (unpaired) electrons. The summed E-state index contributed by atoms with van der Waals surface area (Å²) in [7, 11) is 0. The van der Waals surface area contributed by atoms with E-state index in [1.54, 1.807) is 4.90 Å². The number of rotatable bonds is 2. The van der Waals surface area contributed by atoms with Gasteiger partial charge >= 0.3 is 6.09 Å². The summed E-state index contributed by atoms with van der Waals surface area (Å²) in [5.74, 6) is 0. The molecule has 1 aromatic carbocycles. The molecular weight excluding hydrogens is 218 g/mol. The molecule has 92 valence electrons. The lowest BCUT2D eigenvalue weighted by molar-refractivity contribution is 0.0896. The Labute approximate surface area is 101 Å². The second kappa shape index (κ2) is 5.19. The second-order valence-corrected chi connectivity index (χ2v) is 4.43. The van der Waals surface area contributed by atoms with Crippen molar-refractivity contribution in [2.75, 3.05) is 6.54 Å². The zero-order valence-corrected chi connectivity index (χ0v) is 9.87. The highest BCUT2D eigenvalue weighted by Crippen LogP contribution is 2.18. The van der Waals surface area contributed by atoms with Crippen molar-refractivity contribution in [3.05, 3.63) is 35.9 Å². The van der Waals surface area contributed by atoms with Gasteiger partial charge in [0.1, 0.15) is 6.61 Å². The Kier molecular flexibility index (Phi) is 3.64. The minimum atomic E-state index is -0.422. The Bertz CT molecular complexity index is 380. The van der Waals surface area contributed by atoms with Crippen LogP contribution in [0.25, 0.3) is 0 Å². The van der Waals surface area contributed by atoms with Crippen LogP contribution in [-0.2, 0) is 11.3 Å². The molecular formula is C13H17NO3. The zero-order valence-electron chi connectivity index (χ0n) is 9.87. The van der Waals surface area contributed by atoms with Gasteiger partial charge < -0.3 is 14.7 Å². The van der Waals surface area contributed by atoms with Crippen molar-refractivity contribution in [1.29, 1.82) is 0 Å². The third kappa shape index (κ3) is 2.97.